The summed E-state index contributed by atoms with van der Waals surface area (Å²) in [6.45, 7) is 4.59. The van der Waals surface area contributed by atoms with Crippen molar-refractivity contribution in [3.63, 3.8) is 0 Å². The molecule has 1 aliphatic heterocycles. The molecule has 0 atom stereocenters. The van der Waals surface area contributed by atoms with Crippen LogP contribution >= 0.6 is 24.8 Å². The summed E-state index contributed by atoms with van der Waals surface area (Å²) >= 11 is 0. The van der Waals surface area contributed by atoms with E-state index >= 15 is 0 Å². The first-order valence-electron chi connectivity index (χ1n) is 7.92. The topological polar surface area (TPSA) is 58.9 Å². The first kappa shape index (κ1) is 19.6. The fraction of sp³-hybridized carbons (Fsp3) is 0.353. The molecule has 4 rings (SSSR count). The van der Waals surface area contributed by atoms with Gasteiger partial charge in [-0.15, -0.1) is 24.8 Å². The molecule has 2 aromatic heterocycles. The highest BCUT2D eigenvalue weighted by Crippen LogP contribution is 2.14. The van der Waals surface area contributed by atoms with E-state index in [0.717, 1.165) is 49.5 Å². The Balaban J connectivity index is 0.00000113. The first-order chi connectivity index (χ1) is 11.3. The van der Waals surface area contributed by atoms with Crippen molar-refractivity contribution < 1.29 is 0 Å². The molecule has 134 valence electrons. The van der Waals surface area contributed by atoms with E-state index in [2.05, 4.69) is 50.1 Å². The maximum atomic E-state index is 4.69. The van der Waals surface area contributed by atoms with Crippen LogP contribution < -0.4 is 5.32 Å². The van der Waals surface area contributed by atoms with Crippen molar-refractivity contribution in [2.24, 2.45) is 0 Å². The summed E-state index contributed by atoms with van der Waals surface area (Å²) < 4.78 is 2.12. The number of aromatic nitrogens is 4. The molecule has 0 unspecified atom stereocenters. The van der Waals surface area contributed by atoms with Gasteiger partial charge >= 0.3 is 0 Å². The molecule has 0 saturated carbocycles. The van der Waals surface area contributed by atoms with E-state index in [-0.39, 0.29) is 24.8 Å². The number of hydrogen-bond donors (Lipinski definition) is 1. The third-order valence-corrected chi connectivity index (χ3v) is 4.14. The predicted octanol–water partition coefficient (Wildman–Crippen LogP) is 2.41. The fourth-order valence-electron chi connectivity index (χ4n) is 3.08. The molecule has 1 N–H and O–H groups in total. The third-order valence-electron chi connectivity index (χ3n) is 4.14. The molecule has 0 aliphatic carbocycles. The van der Waals surface area contributed by atoms with Gasteiger partial charge in [-0.25, -0.2) is 0 Å². The highest BCUT2D eigenvalue weighted by atomic mass is 35.5. The Labute approximate surface area is 159 Å². The second-order valence-electron chi connectivity index (χ2n) is 6.08. The molecule has 3 heterocycles. The second-order valence-corrected chi connectivity index (χ2v) is 6.08. The van der Waals surface area contributed by atoms with E-state index < -0.39 is 0 Å². The lowest BCUT2D eigenvalue weighted by atomic mass is 10.2. The molecule has 0 amide bonds. The molecule has 25 heavy (non-hydrogen) atoms. The summed E-state index contributed by atoms with van der Waals surface area (Å²) in [6, 6.07) is 8.47. The molecular formula is C17H22Cl2N6. The third kappa shape index (κ3) is 4.46. The number of nitrogens with zero attached hydrogens (tertiary/aromatic N) is 5. The summed E-state index contributed by atoms with van der Waals surface area (Å²) in [6.07, 6.45) is 3.46. The van der Waals surface area contributed by atoms with Crippen molar-refractivity contribution in [3.05, 3.63) is 53.6 Å². The van der Waals surface area contributed by atoms with E-state index in [9.17, 15) is 0 Å². The first-order valence-corrected chi connectivity index (χ1v) is 7.92. The molecule has 3 aromatic rings. The SMILES string of the molecule is CN(Cc1ccc2nccnc2c1)Cc1cc2n(n1)CCNC2.Cl.Cl. The van der Waals surface area contributed by atoms with Crippen LogP contribution in [0.4, 0.5) is 0 Å². The molecule has 0 spiro atoms. The zero-order chi connectivity index (χ0) is 15.6. The minimum absolute atomic E-state index is 0. The molecule has 8 heteroatoms. The second kappa shape index (κ2) is 8.58. The molecule has 6 nitrogen and oxygen atoms in total. The highest BCUT2D eigenvalue weighted by molar-refractivity contribution is 5.85. The Morgan fingerprint density at radius 3 is 2.68 bits per heavy atom. The van der Waals surface area contributed by atoms with Gasteiger partial charge in [-0.3, -0.25) is 19.5 Å². The maximum Gasteiger partial charge on any atom is 0.0890 e. The monoisotopic (exact) mass is 380 g/mol. The molecule has 0 bridgehead atoms. The Kier molecular flexibility index (Phi) is 6.72. The van der Waals surface area contributed by atoms with Crippen LogP contribution in [0.25, 0.3) is 11.0 Å². The number of benzene rings is 1. The van der Waals surface area contributed by atoms with Gasteiger partial charge in [-0.05, 0) is 30.8 Å². The van der Waals surface area contributed by atoms with Crippen LogP contribution in [0.1, 0.15) is 17.0 Å². The van der Waals surface area contributed by atoms with Crippen LogP contribution in [0, 0.1) is 0 Å². The summed E-state index contributed by atoms with van der Waals surface area (Å²) in [5.74, 6) is 0. The summed E-state index contributed by atoms with van der Waals surface area (Å²) in [7, 11) is 2.12. The van der Waals surface area contributed by atoms with Crippen LogP contribution in [-0.4, -0.2) is 38.2 Å². The Morgan fingerprint density at radius 1 is 1.08 bits per heavy atom. The minimum Gasteiger partial charge on any atom is -0.309 e. The Hall–Kier alpha value is -1.73. The van der Waals surface area contributed by atoms with Crippen molar-refractivity contribution in [2.45, 2.75) is 26.2 Å². The standard InChI is InChI=1S/C17H20N6.2ClH/c1-22(12-14-9-15-10-18-6-7-23(15)21-14)11-13-2-3-16-17(8-13)20-5-4-19-16;;/h2-5,8-9,18H,6-7,10-12H2,1H3;2*1H. The Bertz CT molecular complexity index is 811. The van der Waals surface area contributed by atoms with Crippen molar-refractivity contribution in [1.82, 2.24) is 30.0 Å². The predicted molar refractivity (Wildman–Crippen MR) is 103 cm³/mol. The van der Waals surface area contributed by atoms with Crippen molar-refractivity contribution in [3.8, 4) is 0 Å². The molecule has 0 saturated heterocycles. The van der Waals surface area contributed by atoms with Gasteiger partial charge in [-0.1, -0.05) is 6.07 Å². The normalized spacial score (nSPS) is 13.2. The quantitative estimate of drug-likeness (QED) is 0.752. The lowest BCUT2D eigenvalue weighted by molar-refractivity contribution is 0.313. The van der Waals surface area contributed by atoms with E-state index in [4.69, 9.17) is 5.10 Å². The van der Waals surface area contributed by atoms with Crippen LogP contribution in [-0.2, 0) is 26.2 Å². The molecule has 0 fully saturated rings. The lowest BCUT2D eigenvalue weighted by Crippen LogP contribution is -2.28. The molecular weight excluding hydrogens is 359 g/mol. The average molecular weight is 381 g/mol. The number of fused-ring (bicyclic) bond motifs is 2. The largest absolute Gasteiger partial charge is 0.309 e. The van der Waals surface area contributed by atoms with Gasteiger partial charge in [0.05, 0.1) is 29.0 Å². The number of rotatable bonds is 4. The van der Waals surface area contributed by atoms with Crippen LogP contribution in [0.15, 0.2) is 36.7 Å². The fourth-order valence-corrected chi connectivity index (χ4v) is 3.08. The van der Waals surface area contributed by atoms with Gasteiger partial charge in [0.25, 0.3) is 0 Å². The smallest absolute Gasteiger partial charge is 0.0890 e. The van der Waals surface area contributed by atoms with Gasteiger partial charge in [0.1, 0.15) is 0 Å². The zero-order valence-electron chi connectivity index (χ0n) is 14.1. The lowest BCUT2D eigenvalue weighted by Gasteiger charge is -2.15. The minimum atomic E-state index is 0. The van der Waals surface area contributed by atoms with Gasteiger partial charge in [0, 0.05) is 38.6 Å². The highest BCUT2D eigenvalue weighted by Gasteiger charge is 2.13. The molecule has 1 aromatic carbocycles. The number of nitrogens with one attached hydrogen (secondary N) is 1. The van der Waals surface area contributed by atoms with Gasteiger partial charge in [0.2, 0.25) is 0 Å². The van der Waals surface area contributed by atoms with Crippen LogP contribution in [0.5, 0.6) is 0 Å². The van der Waals surface area contributed by atoms with E-state index in [1.807, 2.05) is 6.07 Å². The summed E-state index contributed by atoms with van der Waals surface area (Å²) in [4.78, 5) is 11.0. The van der Waals surface area contributed by atoms with Gasteiger partial charge in [-0.2, -0.15) is 5.10 Å². The van der Waals surface area contributed by atoms with Gasteiger partial charge < -0.3 is 5.32 Å². The average Bonchev–Trinajstić information content (AvgIpc) is 2.96. The zero-order valence-corrected chi connectivity index (χ0v) is 15.7. The van der Waals surface area contributed by atoms with Crippen LogP contribution in [0.3, 0.4) is 0 Å². The van der Waals surface area contributed by atoms with E-state index in [0.29, 0.717) is 0 Å². The van der Waals surface area contributed by atoms with E-state index in [1.54, 1.807) is 12.4 Å². The summed E-state index contributed by atoms with van der Waals surface area (Å²) in [5.41, 5.74) is 5.54. The summed E-state index contributed by atoms with van der Waals surface area (Å²) in [5, 5.41) is 8.07. The van der Waals surface area contributed by atoms with Crippen molar-refractivity contribution in [1.29, 1.82) is 0 Å². The number of hydrogen-bond acceptors (Lipinski definition) is 5. The molecule has 0 radical (unpaired) electrons. The van der Waals surface area contributed by atoms with Crippen molar-refractivity contribution >= 4 is 35.8 Å². The number of halogens is 2. The molecule has 1 aliphatic rings. The van der Waals surface area contributed by atoms with Gasteiger partial charge in [0.15, 0.2) is 0 Å². The van der Waals surface area contributed by atoms with Crippen molar-refractivity contribution in [2.75, 3.05) is 13.6 Å². The van der Waals surface area contributed by atoms with Crippen LogP contribution in [0.2, 0.25) is 0 Å². The Morgan fingerprint density at radius 2 is 1.88 bits per heavy atom. The maximum absolute atomic E-state index is 4.69. The van der Waals surface area contributed by atoms with E-state index in [1.165, 1.54) is 11.3 Å².